The van der Waals surface area contributed by atoms with Gasteiger partial charge in [-0.3, -0.25) is 0 Å². The summed E-state index contributed by atoms with van der Waals surface area (Å²) < 4.78 is 23.7. The molecule has 106 valence electrons. The van der Waals surface area contributed by atoms with Gasteiger partial charge in [-0.15, -0.1) is 0 Å². The minimum atomic E-state index is -0.454. The number of aromatic nitrogens is 2. The molecule has 1 aromatic carbocycles. The first kappa shape index (κ1) is 14.0. The number of hydrogen-bond acceptors (Lipinski definition) is 5. The number of para-hydroxylation sites is 1. The van der Waals surface area contributed by atoms with E-state index >= 15 is 0 Å². The predicted molar refractivity (Wildman–Crippen MR) is 73.5 cm³/mol. The van der Waals surface area contributed by atoms with Crippen LogP contribution in [-0.4, -0.2) is 24.2 Å². The zero-order valence-electron chi connectivity index (χ0n) is 11.6. The van der Waals surface area contributed by atoms with Gasteiger partial charge < -0.3 is 15.2 Å². The third kappa shape index (κ3) is 2.64. The molecule has 0 spiro atoms. The maximum atomic E-state index is 13.5. The van der Waals surface area contributed by atoms with E-state index in [0.717, 1.165) is 0 Å². The molecule has 0 saturated heterocycles. The van der Waals surface area contributed by atoms with Crippen molar-refractivity contribution in [2.75, 3.05) is 20.0 Å². The number of methoxy groups -OCH3 is 2. The Morgan fingerprint density at radius 3 is 2.30 bits per heavy atom. The van der Waals surface area contributed by atoms with Gasteiger partial charge in [0, 0.05) is 5.92 Å². The lowest BCUT2D eigenvalue weighted by atomic mass is 9.98. The third-order valence-electron chi connectivity index (χ3n) is 3.06. The molecule has 0 radical (unpaired) electrons. The first-order valence-corrected chi connectivity index (χ1v) is 6.07. The second kappa shape index (κ2) is 5.73. The van der Waals surface area contributed by atoms with Crippen LogP contribution in [0.1, 0.15) is 24.2 Å². The Hall–Kier alpha value is -2.37. The highest BCUT2D eigenvalue weighted by Crippen LogP contribution is 2.30. The lowest BCUT2D eigenvalue weighted by Gasteiger charge is -2.15. The van der Waals surface area contributed by atoms with Gasteiger partial charge in [0.15, 0.2) is 0 Å². The maximum Gasteiger partial charge on any atom is 0.220 e. The second-order valence-electron chi connectivity index (χ2n) is 4.28. The van der Waals surface area contributed by atoms with E-state index in [0.29, 0.717) is 23.1 Å². The molecule has 1 aromatic heterocycles. The van der Waals surface area contributed by atoms with Gasteiger partial charge in [0.1, 0.15) is 11.6 Å². The number of nitrogens with zero attached hydrogens (tertiary/aromatic N) is 2. The van der Waals surface area contributed by atoms with Gasteiger partial charge in [-0.1, -0.05) is 19.1 Å². The molecule has 1 heterocycles. The number of rotatable bonds is 4. The molecule has 1 atom stereocenters. The van der Waals surface area contributed by atoms with E-state index in [1.807, 2.05) is 6.92 Å². The fourth-order valence-corrected chi connectivity index (χ4v) is 1.89. The topological polar surface area (TPSA) is 70.3 Å². The summed E-state index contributed by atoms with van der Waals surface area (Å²) in [4.78, 5) is 8.51. The molecule has 0 aliphatic heterocycles. The molecule has 2 rings (SSSR count). The number of halogens is 1. The Morgan fingerprint density at radius 1 is 1.15 bits per heavy atom. The fraction of sp³-hybridized carbons (Fsp3) is 0.286. The van der Waals surface area contributed by atoms with E-state index in [9.17, 15) is 4.39 Å². The molecule has 2 N–H and O–H groups in total. The Labute approximate surface area is 116 Å². The number of ether oxygens (including phenoxy) is 2. The molecule has 5 nitrogen and oxygen atoms in total. The Morgan fingerprint density at radius 2 is 1.75 bits per heavy atom. The highest BCUT2D eigenvalue weighted by Gasteiger charge is 2.18. The largest absolute Gasteiger partial charge is 0.481 e. The minimum Gasteiger partial charge on any atom is -0.481 e. The second-order valence-corrected chi connectivity index (χ2v) is 4.28. The number of hydrogen-bond donors (Lipinski definition) is 1. The standard InChI is InChI=1S/C14H16FN3O2/c1-8(9-5-4-6-10(15)13(9)16)14-17-11(19-2)7-12(18-14)20-3/h4-8H,16H2,1-3H3. The van der Waals surface area contributed by atoms with Gasteiger partial charge in [0.25, 0.3) is 0 Å². The van der Waals surface area contributed by atoms with Gasteiger partial charge in [0.05, 0.1) is 26.0 Å². The van der Waals surface area contributed by atoms with Crippen LogP contribution in [0.5, 0.6) is 11.8 Å². The molecule has 0 fully saturated rings. The first-order chi connectivity index (χ1) is 9.56. The van der Waals surface area contributed by atoms with Crippen LogP contribution in [0.15, 0.2) is 24.3 Å². The van der Waals surface area contributed by atoms with Crippen molar-refractivity contribution in [1.29, 1.82) is 0 Å². The van der Waals surface area contributed by atoms with Crippen LogP contribution < -0.4 is 15.2 Å². The average Bonchev–Trinajstić information content (AvgIpc) is 2.48. The minimum absolute atomic E-state index is 0.102. The summed E-state index contributed by atoms with van der Waals surface area (Å²) in [6.45, 7) is 1.85. The van der Waals surface area contributed by atoms with Gasteiger partial charge >= 0.3 is 0 Å². The maximum absolute atomic E-state index is 13.5. The lowest BCUT2D eigenvalue weighted by Crippen LogP contribution is -2.08. The summed E-state index contributed by atoms with van der Waals surface area (Å²) in [5, 5.41) is 0. The van der Waals surface area contributed by atoms with Crippen molar-refractivity contribution in [1.82, 2.24) is 9.97 Å². The molecular weight excluding hydrogens is 261 g/mol. The monoisotopic (exact) mass is 277 g/mol. The summed E-state index contributed by atoms with van der Waals surface area (Å²) in [5.74, 6) is 0.486. The number of benzene rings is 1. The van der Waals surface area contributed by atoms with E-state index < -0.39 is 5.82 Å². The highest BCUT2D eigenvalue weighted by molar-refractivity contribution is 5.51. The molecule has 0 amide bonds. The number of nitrogen functional groups attached to an aromatic ring is 1. The normalized spacial score (nSPS) is 12.0. The first-order valence-electron chi connectivity index (χ1n) is 6.07. The SMILES string of the molecule is COc1cc(OC)nc(C(C)c2cccc(F)c2N)n1. The molecular formula is C14H16FN3O2. The predicted octanol–water partition coefficient (Wildman–Crippen LogP) is 2.37. The highest BCUT2D eigenvalue weighted by atomic mass is 19.1. The van der Waals surface area contributed by atoms with Crippen LogP contribution in [0.2, 0.25) is 0 Å². The summed E-state index contributed by atoms with van der Waals surface area (Å²) in [6, 6.07) is 6.25. The van der Waals surface area contributed by atoms with E-state index in [1.165, 1.54) is 20.3 Å². The molecule has 6 heteroatoms. The van der Waals surface area contributed by atoms with Crippen LogP contribution in [-0.2, 0) is 0 Å². The Kier molecular flexibility index (Phi) is 4.02. The smallest absolute Gasteiger partial charge is 0.220 e. The summed E-state index contributed by atoms with van der Waals surface area (Å²) >= 11 is 0. The summed E-state index contributed by atoms with van der Waals surface area (Å²) in [5.41, 5.74) is 6.50. The molecule has 1 unspecified atom stereocenters. The van der Waals surface area contributed by atoms with E-state index in [-0.39, 0.29) is 11.6 Å². The summed E-state index contributed by atoms with van der Waals surface area (Å²) in [7, 11) is 3.01. The van der Waals surface area contributed by atoms with E-state index in [4.69, 9.17) is 15.2 Å². The van der Waals surface area contributed by atoms with Crippen LogP contribution in [0.4, 0.5) is 10.1 Å². The molecule has 0 aliphatic carbocycles. The van der Waals surface area contributed by atoms with Crippen LogP contribution in [0.25, 0.3) is 0 Å². The van der Waals surface area contributed by atoms with Crippen molar-refractivity contribution < 1.29 is 13.9 Å². The van der Waals surface area contributed by atoms with Gasteiger partial charge in [-0.25, -0.2) is 4.39 Å². The van der Waals surface area contributed by atoms with Crippen LogP contribution in [0.3, 0.4) is 0 Å². The number of anilines is 1. The Balaban J connectivity index is 2.47. The Bertz CT molecular complexity index is 597. The third-order valence-corrected chi connectivity index (χ3v) is 3.06. The van der Waals surface area contributed by atoms with Gasteiger partial charge in [-0.05, 0) is 11.6 Å². The van der Waals surface area contributed by atoms with Crippen LogP contribution >= 0.6 is 0 Å². The lowest BCUT2D eigenvalue weighted by molar-refractivity contribution is 0.367. The van der Waals surface area contributed by atoms with E-state index in [2.05, 4.69) is 9.97 Å². The molecule has 0 bridgehead atoms. The van der Waals surface area contributed by atoms with Gasteiger partial charge in [-0.2, -0.15) is 9.97 Å². The van der Waals surface area contributed by atoms with Crippen molar-refractivity contribution in [3.63, 3.8) is 0 Å². The van der Waals surface area contributed by atoms with Crippen molar-refractivity contribution in [3.8, 4) is 11.8 Å². The van der Waals surface area contributed by atoms with Crippen molar-refractivity contribution in [3.05, 3.63) is 41.5 Å². The zero-order chi connectivity index (χ0) is 14.7. The quantitative estimate of drug-likeness (QED) is 0.869. The van der Waals surface area contributed by atoms with Crippen molar-refractivity contribution in [2.45, 2.75) is 12.8 Å². The molecule has 0 aliphatic rings. The van der Waals surface area contributed by atoms with E-state index in [1.54, 1.807) is 18.2 Å². The fourth-order valence-electron chi connectivity index (χ4n) is 1.89. The molecule has 0 saturated carbocycles. The van der Waals surface area contributed by atoms with Crippen molar-refractivity contribution in [2.24, 2.45) is 0 Å². The molecule has 20 heavy (non-hydrogen) atoms. The van der Waals surface area contributed by atoms with Gasteiger partial charge in [0.2, 0.25) is 11.8 Å². The molecule has 2 aromatic rings. The van der Waals surface area contributed by atoms with Crippen LogP contribution in [0, 0.1) is 5.82 Å². The van der Waals surface area contributed by atoms with Crippen molar-refractivity contribution >= 4 is 5.69 Å². The number of nitrogens with two attached hydrogens (primary N) is 1. The zero-order valence-corrected chi connectivity index (χ0v) is 11.6. The average molecular weight is 277 g/mol. The summed E-state index contributed by atoms with van der Waals surface area (Å²) in [6.07, 6.45) is 0.